The minimum Gasteiger partial charge on any atom is -0.354 e. The van der Waals surface area contributed by atoms with Crippen LogP contribution in [0.1, 0.15) is 5.56 Å². The molecule has 2 rings (SSSR count). The van der Waals surface area contributed by atoms with Crippen molar-refractivity contribution in [2.75, 3.05) is 24.7 Å². The Labute approximate surface area is 111 Å². The lowest BCUT2D eigenvalue weighted by atomic mass is 10.1. The molecule has 0 spiro atoms. The summed E-state index contributed by atoms with van der Waals surface area (Å²) in [7, 11) is 0. The summed E-state index contributed by atoms with van der Waals surface area (Å²) < 4.78 is 0. The van der Waals surface area contributed by atoms with Gasteiger partial charge in [-0.15, -0.1) is 11.8 Å². The second-order valence-electron chi connectivity index (χ2n) is 4.15. The zero-order valence-electron chi connectivity index (χ0n) is 10.1. The van der Waals surface area contributed by atoms with E-state index in [4.69, 9.17) is 0 Å². The fraction of sp³-hybridized carbons (Fsp3) is 0.385. The number of nitrogens with zero attached hydrogens (tertiary/aromatic N) is 1. The molecule has 1 saturated heterocycles. The van der Waals surface area contributed by atoms with Crippen LogP contribution in [0.25, 0.3) is 0 Å². The van der Waals surface area contributed by atoms with E-state index >= 15 is 0 Å². The van der Waals surface area contributed by atoms with Gasteiger partial charge in [0.15, 0.2) is 0 Å². The number of hydrogen-bond acceptors (Lipinski definition) is 3. The van der Waals surface area contributed by atoms with Crippen LogP contribution in [0.4, 0.5) is 0 Å². The smallest absolute Gasteiger partial charge is 0.239 e. The lowest BCUT2D eigenvalue weighted by Gasteiger charge is -2.14. The Kier molecular flexibility index (Phi) is 4.64. The minimum absolute atomic E-state index is 0.0539. The fourth-order valence-electron chi connectivity index (χ4n) is 1.76. The summed E-state index contributed by atoms with van der Waals surface area (Å²) in [5.41, 5.74) is 1.20. The summed E-state index contributed by atoms with van der Waals surface area (Å²) in [4.78, 5) is 24.5. The molecule has 0 unspecified atom stereocenters. The van der Waals surface area contributed by atoms with Gasteiger partial charge in [-0.3, -0.25) is 9.59 Å². The molecule has 96 valence electrons. The van der Waals surface area contributed by atoms with Crippen LogP contribution in [-0.4, -0.2) is 41.4 Å². The molecular weight excluding hydrogens is 248 g/mol. The van der Waals surface area contributed by atoms with Gasteiger partial charge >= 0.3 is 0 Å². The van der Waals surface area contributed by atoms with E-state index < -0.39 is 0 Å². The van der Waals surface area contributed by atoms with E-state index in [2.05, 4.69) is 5.32 Å². The minimum atomic E-state index is -0.0817. The summed E-state index contributed by atoms with van der Waals surface area (Å²) in [5, 5.41) is 2.84. The third-order valence-corrected chi connectivity index (χ3v) is 3.68. The maximum absolute atomic E-state index is 11.6. The number of benzene rings is 1. The van der Waals surface area contributed by atoms with Crippen LogP contribution in [0.3, 0.4) is 0 Å². The summed E-state index contributed by atoms with van der Waals surface area (Å²) in [5.74, 6) is 1.10. The number of hydrogen-bond donors (Lipinski definition) is 1. The van der Waals surface area contributed by atoms with Gasteiger partial charge in [0.25, 0.3) is 0 Å². The number of amides is 2. The third-order valence-electron chi connectivity index (χ3n) is 2.74. The molecule has 1 aromatic rings. The van der Waals surface area contributed by atoms with Crippen LogP contribution < -0.4 is 5.32 Å². The zero-order valence-corrected chi connectivity index (χ0v) is 10.9. The first-order valence-electron chi connectivity index (χ1n) is 5.92. The normalized spacial score (nSPS) is 14.9. The van der Waals surface area contributed by atoms with Gasteiger partial charge in [0.2, 0.25) is 11.8 Å². The van der Waals surface area contributed by atoms with E-state index in [0.29, 0.717) is 18.2 Å². The van der Waals surface area contributed by atoms with E-state index in [1.54, 1.807) is 16.7 Å². The number of nitrogens with one attached hydrogen (secondary N) is 1. The van der Waals surface area contributed by atoms with Crippen molar-refractivity contribution < 1.29 is 9.59 Å². The molecule has 5 heteroatoms. The van der Waals surface area contributed by atoms with Crippen LogP contribution in [0.15, 0.2) is 30.3 Å². The Hall–Kier alpha value is -1.49. The molecule has 0 saturated carbocycles. The van der Waals surface area contributed by atoms with Crippen LogP contribution in [0, 0.1) is 0 Å². The topological polar surface area (TPSA) is 49.4 Å². The second-order valence-corrected chi connectivity index (χ2v) is 5.11. The quantitative estimate of drug-likeness (QED) is 0.859. The summed E-state index contributed by atoms with van der Waals surface area (Å²) in [6.45, 7) is 0.790. The van der Waals surface area contributed by atoms with Crippen molar-refractivity contribution in [1.29, 1.82) is 0 Å². The van der Waals surface area contributed by atoms with Crippen molar-refractivity contribution in [3.63, 3.8) is 0 Å². The van der Waals surface area contributed by atoms with Crippen molar-refractivity contribution >= 4 is 23.6 Å². The van der Waals surface area contributed by atoms with E-state index in [0.717, 1.165) is 6.42 Å². The highest BCUT2D eigenvalue weighted by Gasteiger charge is 2.22. The molecule has 0 bridgehead atoms. The zero-order chi connectivity index (χ0) is 12.8. The lowest BCUT2D eigenvalue weighted by molar-refractivity contribution is -0.132. The van der Waals surface area contributed by atoms with Gasteiger partial charge in [-0.2, -0.15) is 0 Å². The largest absolute Gasteiger partial charge is 0.354 e. The van der Waals surface area contributed by atoms with Crippen molar-refractivity contribution in [3.8, 4) is 0 Å². The van der Waals surface area contributed by atoms with Gasteiger partial charge in [0, 0.05) is 6.54 Å². The van der Waals surface area contributed by atoms with Crippen LogP contribution >= 0.6 is 11.8 Å². The third kappa shape index (κ3) is 3.77. The molecule has 0 aliphatic carbocycles. The number of thioether (sulfide) groups is 1. The lowest BCUT2D eigenvalue weighted by Crippen LogP contribution is -2.38. The Morgan fingerprint density at radius 3 is 2.78 bits per heavy atom. The molecule has 4 nitrogen and oxygen atoms in total. The van der Waals surface area contributed by atoms with Gasteiger partial charge in [-0.25, -0.2) is 0 Å². The van der Waals surface area contributed by atoms with Gasteiger partial charge in [0.05, 0.1) is 11.6 Å². The predicted molar refractivity (Wildman–Crippen MR) is 72.2 cm³/mol. The van der Waals surface area contributed by atoms with Gasteiger partial charge in [-0.1, -0.05) is 30.3 Å². The fourth-order valence-corrected chi connectivity index (χ4v) is 2.66. The molecule has 18 heavy (non-hydrogen) atoms. The summed E-state index contributed by atoms with van der Waals surface area (Å²) in [6, 6.07) is 10.0. The first kappa shape index (κ1) is 13.0. The molecule has 1 aliphatic rings. The van der Waals surface area contributed by atoms with E-state index in [9.17, 15) is 9.59 Å². The van der Waals surface area contributed by atoms with Crippen molar-refractivity contribution in [1.82, 2.24) is 10.2 Å². The number of carbonyl (C=O) groups excluding carboxylic acids is 2. The molecule has 0 radical (unpaired) electrons. The highest BCUT2D eigenvalue weighted by molar-refractivity contribution is 8.00. The molecule has 1 N–H and O–H groups in total. The highest BCUT2D eigenvalue weighted by atomic mass is 32.2. The van der Waals surface area contributed by atoms with Crippen LogP contribution in [-0.2, 0) is 16.0 Å². The van der Waals surface area contributed by atoms with Crippen molar-refractivity contribution in [3.05, 3.63) is 35.9 Å². The molecule has 0 aromatic heterocycles. The van der Waals surface area contributed by atoms with E-state index in [1.165, 1.54) is 5.56 Å². The molecule has 2 amide bonds. The average Bonchev–Trinajstić information content (AvgIpc) is 2.76. The first-order chi connectivity index (χ1) is 8.75. The van der Waals surface area contributed by atoms with Gasteiger partial charge < -0.3 is 10.2 Å². The second kappa shape index (κ2) is 6.44. The Morgan fingerprint density at radius 2 is 2.11 bits per heavy atom. The molecular formula is C13H16N2O2S. The van der Waals surface area contributed by atoms with Crippen LogP contribution in [0.2, 0.25) is 0 Å². The van der Waals surface area contributed by atoms with Crippen molar-refractivity contribution in [2.24, 2.45) is 0 Å². The average molecular weight is 264 g/mol. The first-order valence-corrected chi connectivity index (χ1v) is 7.07. The molecule has 1 heterocycles. The number of rotatable bonds is 5. The molecule has 0 atom stereocenters. The summed E-state index contributed by atoms with van der Waals surface area (Å²) >= 11 is 1.55. The Bertz CT molecular complexity index is 422. The predicted octanol–water partition coefficient (Wildman–Crippen LogP) is 0.878. The van der Waals surface area contributed by atoms with E-state index in [-0.39, 0.29) is 18.4 Å². The SMILES string of the molecule is O=C(CN1CSCC1=O)NCCc1ccccc1. The molecule has 1 aromatic carbocycles. The number of carbonyl (C=O) groups is 2. The van der Waals surface area contributed by atoms with Crippen molar-refractivity contribution in [2.45, 2.75) is 6.42 Å². The van der Waals surface area contributed by atoms with Gasteiger partial charge in [-0.05, 0) is 12.0 Å². The summed E-state index contributed by atoms with van der Waals surface area (Å²) in [6.07, 6.45) is 0.815. The maximum Gasteiger partial charge on any atom is 0.239 e. The van der Waals surface area contributed by atoms with Gasteiger partial charge in [0.1, 0.15) is 6.54 Å². The Balaban J connectivity index is 1.67. The van der Waals surface area contributed by atoms with Crippen LogP contribution in [0.5, 0.6) is 0 Å². The molecule has 1 fully saturated rings. The standard InChI is InChI=1S/C13H16N2O2S/c16-12(8-15-10-18-9-13(15)17)14-7-6-11-4-2-1-3-5-11/h1-5H,6-10H2,(H,14,16). The monoisotopic (exact) mass is 264 g/mol. The van der Waals surface area contributed by atoms with E-state index in [1.807, 2.05) is 30.3 Å². The Morgan fingerprint density at radius 1 is 1.33 bits per heavy atom. The molecule has 1 aliphatic heterocycles. The maximum atomic E-state index is 11.6. The highest BCUT2D eigenvalue weighted by Crippen LogP contribution is 2.13.